The molecule has 3 heterocycles. The maximum Gasteiger partial charge on any atom is 0.0555 e. The summed E-state index contributed by atoms with van der Waals surface area (Å²) in [5, 5.41) is 7.93. The summed E-state index contributed by atoms with van der Waals surface area (Å²) in [4.78, 5) is 2.40. The van der Waals surface area contributed by atoms with Gasteiger partial charge >= 0.3 is 0 Å². The molecular formula is C48H32N2S2. The fourth-order valence-corrected chi connectivity index (χ4v) is 10.8. The van der Waals surface area contributed by atoms with Crippen molar-refractivity contribution in [3.63, 3.8) is 0 Å². The molecule has 7 aromatic carbocycles. The third-order valence-corrected chi connectivity index (χ3v) is 13.1. The Labute approximate surface area is 309 Å². The largest absolute Gasteiger partial charge is 0.314 e. The molecule has 3 aromatic heterocycles. The van der Waals surface area contributed by atoms with Gasteiger partial charge in [0.15, 0.2) is 0 Å². The minimum absolute atomic E-state index is 1.02. The molecule has 2 nitrogen and oxygen atoms in total. The Morgan fingerprint density at radius 2 is 1.19 bits per heavy atom. The van der Waals surface area contributed by atoms with Crippen molar-refractivity contribution in [3.8, 4) is 16.8 Å². The van der Waals surface area contributed by atoms with Crippen molar-refractivity contribution in [2.24, 2.45) is 0 Å². The highest BCUT2D eigenvalue weighted by molar-refractivity contribution is 7.27. The number of benzene rings is 7. The molecule has 0 saturated heterocycles. The number of fused-ring (bicyclic) bond motifs is 10. The number of para-hydroxylation sites is 1. The van der Waals surface area contributed by atoms with Gasteiger partial charge in [-0.15, -0.1) is 22.7 Å². The van der Waals surface area contributed by atoms with E-state index in [-0.39, 0.29) is 0 Å². The average Bonchev–Trinajstić information content (AvgIpc) is 3.88. The van der Waals surface area contributed by atoms with Gasteiger partial charge in [-0.2, -0.15) is 0 Å². The van der Waals surface area contributed by atoms with Crippen LogP contribution in [0.2, 0.25) is 0 Å². The number of thiophene rings is 2. The first-order chi connectivity index (χ1) is 25.8. The van der Waals surface area contributed by atoms with Crippen LogP contribution in [-0.2, 0) is 0 Å². The van der Waals surface area contributed by atoms with Gasteiger partial charge < -0.3 is 9.47 Å². The van der Waals surface area contributed by atoms with Crippen LogP contribution < -0.4 is 4.90 Å². The van der Waals surface area contributed by atoms with Crippen LogP contribution in [0.25, 0.3) is 79.0 Å². The molecule has 52 heavy (non-hydrogen) atoms. The van der Waals surface area contributed by atoms with E-state index < -0.39 is 0 Å². The summed E-state index contributed by atoms with van der Waals surface area (Å²) in [6.45, 7) is 0. The van der Waals surface area contributed by atoms with E-state index >= 15 is 0 Å². The number of nitrogens with zero attached hydrogens (tertiary/aromatic N) is 2. The molecule has 0 radical (unpaired) electrons. The number of anilines is 2. The Morgan fingerprint density at radius 3 is 1.96 bits per heavy atom. The molecule has 1 aliphatic rings. The first-order valence-electron chi connectivity index (χ1n) is 17.9. The Kier molecular flexibility index (Phi) is 6.76. The van der Waals surface area contributed by atoms with Gasteiger partial charge in [0.1, 0.15) is 0 Å². The minimum Gasteiger partial charge on any atom is -0.314 e. The van der Waals surface area contributed by atoms with Gasteiger partial charge in [0.2, 0.25) is 0 Å². The quantitative estimate of drug-likeness (QED) is 0.174. The highest BCUT2D eigenvalue weighted by Gasteiger charge is 2.20. The molecule has 0 N–H and O–H groups in total. The van der Waals surface area contributed by atoms with Crippen LogP contribution in [-0.4, -0.2) is 4.57 Å². The van der Waals surface area contributed by atoms with Crippen molar-refractivity contribution >= 4 is 96.2 Å². The van der Waals surface area contributed by atoms with Gasteiger partial charge in [0.25, 0.3) is 0 Å². The van der Waals surface area contributed by atoms with Gasteiger partial charge in [-0.3, -0.25) is 0 Å². The highest BCUT2D eigenvalue weighted by Crippen LogP contribution is 2.46. The molecule has 0 bridgehead atoms. The molecule has 0 spiro atoms. The lowest BCUT2D eigenvalue weighted by Crippen LogP contribution is -2.17. The van der Waals surface area contributed by atoms with Crippen LogP contribution in [0, 0.1) is 0 Å². The Balaban J connectivity index is 1.14. The number of allylic oxidation sites excluding steroid dienone is 4. The molecule has 246 valence electrons. The van der Waals surface area contributed by atoms with Gasteiger partial charge in [0.05, 0.1) is 11.0 Å². The number of aromatic nitrogens is 1. The van der Waals surface area contributed by atoms with Gasteiger partial charge in [-0.1, -0.05) is 97.1 Å². The lowest BCUT2D eigenvalue weighted by atomic mass is 10.00. The van der Waals surface area contributed by atoms with Gasteiger partial charge in [-0.05, 0) is 96.8 Å². The van der Waals surface area contributed by atoms with E-state index in [1.165, 1.54) is 90.3 Å². The van der Waals surface area contributed by atoms with Crippen molar-refractivity contribution in [2.45, 2.75) is 12.8 Å². The first-order valence-corrected chi connectivity index (χ1v) is 19.5. The molecule has 0 saturated carbocycles. The van der Waals surface area contributed by atoms with Crippen molar-refractivity contribution in [1.82, 2.24) is 4.57 Å². The molecule has 11 rings (SSSR count). The van der Waals surface area contributed by atoms with Crippen molar-refractivity contribution in [2.75, 3.05) is 4.90 Å². The Bertz CT molecular complexity index is 3060. The summed E-state index contributed by atoms with van der Waals surface area (Å²) in [7, 11) is 0. The molecule has 0 aliphatic heterocycles. The summed E-state index contributed by atoms with van der Waals surface area (Å²) in [6, 6.07) is 56.1. The summed E-state index contributed by atoms with van der Waals surface area (Å²) >= 11 is 3.81. The lowest BCUT2D eigenvalue weighted by molar-refractivity contribution is 0.917. The molecule has 0 unspecified atom stereocenters. The molecular weight excluding hydrogens is 669 g/mol. The van der Waals surface area contributed by atoms with Crippen LogP contribution >= 0.6 is 22.7 Å². The van der Waals surface area contributed by atoms with E-state index in [2.05, 4.69) is 179 Å². The third-order valence-electron chi connectivity index (χ3n) is 10.6. The molecule has 0 fully saturated rings. The SMILES string of the molecule is C1=CCCC(N(c2ccccc2)c2ccc(-n3c4ccc(-c5cccc6c5sc5ccccc56)cc4c4c5sc6ccccc6c5ccc43)cc2)=C1. The van der Waals surface area contributed by atoms with Gasteiger partial charge in [-0.25, -0.2) is 0 Å². The predicted molar refractivity (Wildman–Crippen MR) is 227 cm³/mol. The van der Waals surface area contributed by atoms with Crippen LogP contribution in [0.4, 0.5) is 11.4 Å². The Morgan fingerprint density at radius 1 is 0.519 bits per heavy atom. The van der Waals surface area contributed by atoms with Crippen molar-refractivity contribution in [1.29, 1.82) is 0 Å². The fraction of sp³-hybridized carbons (Fsp3) is 0.0417. The second kappa shape index (κ2) is 11.8. The number of hydrogen-bond acceptors (Lipinski definition) is 3. The van der Waals surface area contributed by atoms with Crippen molar-refractivity contribution in [3.05, 3.63) is 176 Å². The van der Waals surface area contributed by atoms with Crippen LogP contribution in [0.1, 0.15) is 12.8 Å². The highest BCUT2D eigenvalue weighted by atomic mass is 32.1. The number of hydrogen-bond donors (Lipinski definition) is 0. The Hall–Kier alpha value is -5.94. The second-order valence-electron chi connectivity index (χ2n) is 13.6. The zero-order valence-corrected chi connectivity index (χ0v) is 29.9. The monoisotopic (exact) mass is 700 g/mol. The summed E-state index contributed by atoms with van der Waals surface area (Å²) in [5.41, 5.74) is 9.83. The van der Waals surface area contributed by atoms with Crippen molar-refractivity contribution < 1.29 is 0 Å². The third kappa shape index (κ3) is 4.55. The number of rotatable bonds is 5. The van der Waals surface area contributed by atoms with Crippen LogP contribution in [0.3, 0.4) is 0 Å². The minimum atomic E-state index is 1.02. The van der Waals surface area contributed by atoms with E-state index in [1.54, 1.807) is 0 Å². The molecule has 0 atom stereocenters. The summed E-state index contributed by atoms with van der Waals surface area (Å²) in [6.07, 6.45) is 8.76. The molecule has 1 aliphatic carbocycles. The lowest BCUT2D eigenvalue weighted by Gasteiger charge is -2.29. The standard InChI is InChI=1S/C48H32N2S2/c1-3-12-32(13-4-1)49(33-14-5-2-6-15-33)34-23-25-35(26-24-34)50-42-28-22-31(36-18-11-19-39-37-16-7-9-20-44(37)51-47(36)39)30-41(42)46-43(50)29-27-40-38-17-8-10-21-45(38)52-48(40)46/h1-5,7-14,16-30H,6,15H2. The first kappa shape index (κ1) is 29.8. The zero-order valence-electron chi connectivity index (χ0n) is 28.3. The van der Waals surface area contributed by atoms with E-state index in [0.717, 1.165) is 18.5 Å². The van der Waals surface area contributed by atoms with E-state index in [1.807, 2.05) is 22.7 Å². The van der Waals surface area contributed by atoms with Gasteiger partial charge in [0, 0.05) is 73.9 Å². The summed E-state index contributed by atoms with van der Waals surface area (Å²) in [5.74, 6) is 0. The maximum atomic E-state index is 2.47. The van der Waals surface area contributed by atoms with E-state index in [9.17, 15) is 0 Å². The van der Waals surface area contributed by atoms with E-state index in [4.69, 9.17) is 0 Å². The molecule has 0 amide bonds. The topological polar surface area (TPSA) is 8.17 Å². The van der Waals surface area contributed by atoms with Crippen LogP contribution in [0.5, 0.6) is 0 Å². The average molecular weight is 701 g/mol. The normalized spacial score (nSPS) is 13.3. The van der Waals surface area contributed by atoms with Crippen LogP contribution in [0.15, 0.2) is 176 Å². The molecule has 10 aromatic rings. The smallest absolute Gasteiger partial charge is 0.0555 e. The molecule has 4 heteroatoms. The maximum absolute atomic E-state index is 2.47. The summed E-state index contributed by atoms with van der Waals surface area (Å²) < 4.78 is 7.83. The second-order valence-corrected chi connectivity index (χ2v) is 15.7. The zero-order chi connectivity index (χ0) is 34.2. The van der Waals surface area contributed by atoms with E-state index in [0.29, 0.717) is 0 Å². The predicted octanol–water partition coefficient (Wildman–Crippen LogP) is 14.6. The fourth-order valence-electron chi connectivity index (χ4n) is 8.29.